The van der Waals surface area contributed by atoms with Crippen LogP contribution < -0.4 is 11.1 Å². The molecule has 0 unspecified atom stereocenters. The molecule has 0 fully saturated rings. The van der Waals surface area contributed by atoms with E-state index >= 15 is 0 Å². The van der Waals surface area contributed by atoms with Crippen LogP contribution >= 0.6 is 0 Å². The molecule has 0 bridgehead atoms. The van der Waals surface area contributed by atoms with E-state index in [0.29, 0.717) is 5.69 Å². The maximum Gasteiger partial charge on any atom is 0.244 e. The molecule has 1 aromatic carbocycles. The fraction of sp³-hybridized carbons (Fsp3) is 0.125. The number of carbonyl (C=O) groups excluding carboxylic acids is 1. The van der Waals surface area contributed by atoms with Gasteiger partial charge in [0, 0.05) is 24.2 Å². The number of benzene rings is 1. The van der Waals surface area contributed by atoms with Gasteiger partial charge in [-0.25, -0.2) is 0 Å². The standard InChI is InChI=1S/C16H17N3O/c1-12(14-7-9-18-10-8-14)19-16(20)6-5-13-3-2-4-15(17)11-13/h2-12H,17H2,1H3,(H,19,20)/b6-5+/t12-/m0/s1. The van der Waals surface area contributed by atoms with E-state index < -0.39 is 0 Å². The number of hydrogen-bond acceptors (Lipinski definition) is 3. The molecule has 1 amide bonds. The molecule has 3 N–H and O–H groups in total. The van der Waals surface area contributed by atoms with Crippen LogP contribution in [0, 0.1) is 0 Å². The summed E-state index contributed by atoms with van der Waals surface area (Å²) in [6.07, 6.45) is 6.67. The number of amides is 1. The normalized spacial score (nSPS) is 12.2. The molecular formula is C16H17N3O. The molecular weight excluding hydrogens is 250 g/mol. The van der Waals surface area contributed by atoms with Crippen LogP contribution in [0.4, 0.5) is 5.69 Å². The smallest absolute Gasteiger partial charge is 0.244 e. The summed E-state index contributed by atoms with van der Waals surface area (Å²) in [5.74, 6) is -0.142. The van der Waals surface area contributed by atoms with Gasteiger partial charge in [0.05, 0.1) is 6.04 Å². The van der Waals surface area contributed by atoms with E-state index in [1.807, 2.05) is 43.3 Å². The van der Waals surface area contributed by atoms with Crippen molar-refractivity contribution in [1.29, 1.82) is 0 Å². The molecule has 0 saturated carbocycles. The molecule has 0 aliphatic heterocycles. The van der Waals surface area contributed by atoms with E-state index in [-0.39, 0.29) is 11.9 Å². The Morgan fingerprint density at radius 1 is 1.30 bits per heavy atom. The van der Waals surface area contributed by atoms with E-state index in [4.69, 9.17) is 5.73 Å². The van der Waals surface area contributed by atoms with E-state index in [1.165, 1.54) is 6.08 Å². The molecule has 2 aromatic rings. The van der Waals surface area contributed by atoms with Crippen LogP contribution in [0.5, 0.6) is 0 Å². The number of nitrogens with two attached hydrogens (primary N) is 1. The summed E-state index contributed by atoms with van der Waals surface area (Å²) in [5.41, 5.74) is 8.28. The number of nitrogens with zero attached hydrogens (tertiary/aromatic N) is 1. The van der Waals surface area contributed by atoms with Crippen molar-refractivity contribution >= 4 is 17.7 Å². The number of rotatable bonds is 4. The largest absolute Gasteiger partial charge is 0.399 e. The lowest BCUT2D eigenvalue weighted by molar-refractivity contribution is -0.117. The van der Waals surface area contributed by atoms with E-state index in [9.17, 15) is 4.79 Å². The Bertz CT molecular complexity index is 608. The fourth-order valence-electron chi connectivity index (χ4n) is 1.83. The van der Waals surface area contributed by atoms with Gasteiger partial charge in [0.2, 0.25) is 5.91 Å². The third-order valence-electron chi connectivity index (χ3n) is 2.90. The van der Waals surface area contributed by atoms with Crippen molar-refractivity contribution in [1.82, 2.24) is 10.3 Å². The van der Waals surface area contributed by atoms with Crippen LogP contribution in [0.25, 0.3) is 6.08 Å². The van der Waals surface area contributed by atoms with Crippen LogP contribution in [0.2, 0.25) is 0 Å². The Kier molecular flexibility index (Phi) is 4.50. The fourth-order valence-corrected chi connectivity index (χ4v) is 1.83. The van der Waals surface area contributed by atoms with Gasteiger partial charge in [-0.15, -0.1) is 0 Å². The molecule has 0 aliphatic rings. The lowest BCUT2D eigenvalue weighted by Gasteiger charge is -2.12. The van der Waals surface area contributed by atoms with Crippen molar-refractivity contribution in [2.45, 2.75) is 13.0 Å². The van der Waals surface area contributed by atoms with Gasteiger partial charge >= 0.3 is 0 Å². The average Bonchev–Trinajstić information content (AvgIpc) is 2.46. The molecule has 0 aliphatic carbocycles. The Balaban J connectivity index is 1.96. The minimum absolute atomic E-state index is 0.0593. The zero-order valence-electron chi connectivity index (χ0n) is 11.3. The van der Waals surface area contributed by atoms with Crippen LogP contribution in [-0.4, -0.2) is 10.9 Å². The van der Waals surface area contributed by atoms with Gasteiger partial charge in [0.1, 0.15) is 0 Å². The van der Waals surface area contributed by atoms with Crippen molar-refractivity contribution in [2.24, 2.45) is 0 Å². The number of pyridine rings is 1. The summed E-state index contributed by atoms with van der Waals surface area (Å²) in [6.45, 7) is 1.93. The molecule has 0 radical (unpaired) electrons. The first-order chi connectivity index (χ1) is 9.65. The van der Waals surface area contributed by atoms with Gasteiger partial charge in [-0.3, -0.25) is 9.78 Å². The van der Waals surface area contributed by atoms with Crippen molar-refractivity contribution < 1.29 is 4.79 Å². The summed E-state index contributed by atoms with van der Waals surface area (Å²) in [7, 11) is 0. The van der Waals surface area contributed by atoms with Gasteiger partial charge in [0.15, 0.2) is 0 Å². The van der Waals surface area contributed by atoms with E-state index in [0.717, 1.165) is 11.1 Å². The topological polar surface area (TPSA) is 68.0 Å². The van der Waals surface area contributed by atoms with Crippen LogP contribution in [0.3, 0.4) is 0 Å². The van der Waals surface area contributed by atoms with Gasteiger partial charge < -0.3 is 11.1 Å². The first-order valence-electron chi connectivity index (χ1n) is 6.39. The molecule has 1 heterocycles. The number of carbonyl (C=O) groups is 1. The maximum atomic E-state index is 11.8. The third-order valence-corrected chi connectivity index (χ3v) is 2.90. The second kappa shape index (κ2) is 6.52. The SMILES string of the molecule is C[C@H](NC(=O)/C=C/c1cccc(N)c1)c1ccncc1. The highest BCUT2D eigenvalue weighted by Gasteiger charge is 2.06. The van der Waals surface area contributed by atoms with Gasteiger partial charge in [0.25, 0.3) is 0 Å². The van der Waals surface area contributed by atoms with Crippen molar-refractivity contribution in [3.05, 3.63) is 66.0 Å². The third kappa shape index (κ3) is 3.95. The second-order valence-electron chi connectivity index (χ2n) is 4.51. The highest BCUT2D eigenvalue weighted by molar-refractivity contribution is 5.92. The number of aromatic nitrogens is 1. The predicted octanol–water partition coefficient (Wildman–Crippen LogP) is 2.55. The first kappa shape index (κ1) is 13.8. The van der Waals surface area contributed by atoms with Gasteiger partial charge in [-0.05, 0) is 48.4 Å². The minimum atomic E-state index is -0.142. The summed E-state index contributed by atoms with van der Waals surface area (Å²) in [6, 6.07) is 11.1. The Hall–Kier alpha value is -2.62. The molecule has 20 heavy (non-hydrogen) atoms. The molecule has 4 nitrogen and oxygen atoms in total. The highest BCUT2D eigenvalue weighted by atomic mass is 16.1. The molecule has 2 rings (SSSR count). The van der Waals surface area contributed by atoms with Crippen molar-refractivity contribution in [3.63, 3.8) is 0 Å². The molecule has 1 aromatic heterocycles. The van der Waals surface area contributed by atoms with Crippen LogP contribution in [0.15, 0.2) is 54.9 Å². The maximum absolute atomic E-state index is 11.8. The first-order valence-corrected chi connectivity index (χ1v) is 6.39. The van der Waals surface area contributed by atoms with Crippen molar-refractivity contribution in [3.8, 4) is 0 Å². The average molecular weight is 267 g/mol. The zero-order chi connectivity index (χ0) is 14.4. The molecule has 102 valence electrons. The zero-order valence-corrected chi connectivity index (χ0v) is 11.3. The van der Waals surface area contributed by atoms with Gasteiger partial charge in [-0.1, -0.05) is 12.1 Å². The Morgan fingerprint density at radius 2 is 2.05 bits per heavy atom. The van der Waals surface area contributed by atoms with Gasteiger partial charge in [-0.2, -0.15) is 0 Å². The molecule has 0 saturated heterocycles. The van der Waals surface area contributed by atoms with E-state index in [2.05, 4.69) is 10.3 Å². The molecule has 1 atom stereocenters. The predicted molar refractivity (Wildman–Crippen MR) is 80.7 cm³/mol. The lowest BCUT2D eigenvalue weighted by Crippen LogP contribution is -2.24. The lowest BCUT2D eigenvalue weighted by atomic mass is 10.1. The van der Waals surface area contributed by atoms with Crippen LogP contribution in [-0.2, 0) is 4.79 Å². The monoisotopic (exact) mass is 267 g/mol. The summed E-state index contributed by atoms with van der Waals surface area (Å²) >= 11 is 0. The van der Waals surface area contributed by atoms with Crippen molar-refractivity contribution in [2.75, 3.05) is 5.73 Å². The molecule has 0 spiro atoms. The Morgan fingerprint density at radius 3 is 2.75 bits per heavy atom. The summed E-state index contributed by atoms with van der Waals surface area (Å²) in [4.78, 5) is 15.8. The molecule has 4 heteroatoms. The highest BCUT2D eigenvalue weighted by Crippen LogP contribution is 2.11. The number of nitrogen functional groups attached to an aromatic ring is 1. The number of nitrogens with one attached hydrogen (secondary N) is 1. The number of anilines is 1. The summed E-state index contributed by atoms with van der Waals surface area (Å²) < 4.78 is 0. The Labute approximate surface area is 118 Å². The summed E-state index contributed by atoms with van der Waals surface area (Å²) in [5, 5.41) is 2.90. The quantitative estimate of drug-likeness (QED) is 0.660. The number of hydrogen-bond donors (Lipinski definition) is 2. The van der Waals surface area contributed by atoms with E-state index in [1.54, 1.807) is 18.5 Å². The van der Waals surface area contributed by atoms with Crippen LogP contribution in [0.1, 0.15) is 24.1 Å². The second-order valence-corrected chi connectivity index (χ2v) is 4.51. The minimum Gasteiger partial charge on any atom is -0.399 e.